The Balaban J connectivity index is 3.19. The van der Waals surface area contributed by atoms with E-state index >= 15 is 0 Å². The number of carboxylic acids is 1. The number of hydrogen-bond acceptors (Lipinski definition) is 3. The largest absolute Gasteiger partial charge is 0.507 e. The van der Waals surface area contributed by atoms with Gasteiger partial charge in [-0.3, -0.25) is 4.79 Å². The highest BCUT2D eigenvalue weighted by molar-refractivity contribution is 5.71. The molecule has 0 unspecified atom stereocenters. The van der Waals surface area contributed by atoms with Gasteiger partial charge in [-0.15, -0.1) is 0 Å². The van der Waals surface area contributed by atoms with Crippen LogP contribution >= 0.6 is 0 Å². The molecule has 0 bridgehead atoms. The van der Waals surface area contributed by atoms with Crippen molar-refractivity contribution in [2.75, 3.05) is 0 Å². The maximum atomic E-state index is 10.5. The fourth-order valence-electron chi connectivity index (χ4n) is 1.18. The normalized spacial score (nSPS) is 9.43. The monoisotopic (exact) mass is 191 g/mol. The molecule has 0 fully saturated rings. The van der Waals surface area contributed by atoms with E-state index in [2.05, 4.69) is 0 Å². The van der Waals surface area contributed by atoms with Gasteiger partial charge in [0, 0.05) is 0 Å². The van der Waals surface area contributed by atoms with Crippen LogP contribution in [-0.4, -0.2) is 16.2 Å². The van der Waals surface area contributed by atoms with Crippen LogP contribution in [0.2, 0.25) is 0 Å². The Morgan fingerprint density at radius 2 is 2.21 bits per heavy atom. The van der Waals surface area contributed by atoms with Crippen molar-refractivity contribution < 1.29 is 15.0 Å². The van der Waals surface area contributed by atoms with Crippen molar-refractivity contribution in [2.45, 2.75) is 13.3 Å². The average molecular weight is 191 g/mol. The number of nitrogens with zero attached hydrogens (tertiary/aromatic N) is 1. The summed E-state index contributed by atoms with van der Waals surface area (Å²) in [6.07, 6.45) is -0.138. The summed E-state index contributed by atoms with van der Waals surface area (Å²) in [4.78, 5) is 10.5. The number of hydrogen-bond donors (Lipinski definition) is 2. The topological polar surface area (TPSA) is 81.3 Å². The lowest BCUT2D eigenvalue weighted by atomic mass is 10.0. The predicted molar refractivity (Wildman–Crippen MR) is 48.9 cm³/mol. The molecule has 2 N–H and O–H groups in total. The van der Waals surface area contributed by atoms with Crippen molar-refractivity contribution in [3.8, 4) is 11.8 Å². The van der Waals surface area contributed by atoms with Crippen LogP contribution < -0.4 is 0 Å². The van der Waals surface area contributed by atoms with Gasteiger partial charge in [-0.05, 0) is 30.2 Å². The number of carboxylic acid groups (broad SMARTS) is 1. The van der Waals surface area contributed by atoms with Crippen molar-refractivity contribution in [2.24, 2.45) is 0 Å². The Bertz CT molecular complexity index is 418. The molecule has 0 heterocycles. The summed E-state index contributed by atoms with van der Waals surface area (Å²) in [7, 11) is 0. The number of rotatable bonds is 2. The Labute approximate surface area is 81.0 Å². The SMILES string of the molecule is Cc1cc(O)c(C#N)cc1CC(=O)O. The van der Waals surface area contributed by atoms with Crippen LogP contribution in [0, 0.1) is 18.3 Å². The Kier molecular flexibility index (Phi) is 2.73. The van der Waals surface area contributed by atoms with Gasteiger partial charge < -0.3 is 10.2 Å². The minimum absolute atomic E-state index is 0.104. The molecule has 0 aromatic heterocycles. The van der Waals surface area contributed by atoms with Gasteiger partial charge in [0.15, 0.2) is 0 Å². The zero-order chi connectivity index (χ0) is 10.7. The zero-order valence-electron chi connectivity index (χ0n) is 7.61. The van der Waals surface area contributed by atoms with Crippen molar-refractivity contribution in [1.29, 1.82) is 5.26 Å². The number of phenolic OH excluding ortho intramolecular Hbond substituents is 1. The fraction of sp³-hybridized carbons (Fsp3) is 0.200. The van der Waals surface area contributed by atoms with Crippen molar-refractivity contribution in [3.63, 3.8) is 0 Å². The van der Waals surface area contributed by atoms with Crippen molar-refractivity contribution in [3.05, 3.63) is 28.8 Å². The van der Waals surface area contributed by atoms with Gasteiger partial charge in [-0.1, -0.05) is 0 Å². The molecule has 0 aliphatic carbocycles. The van der Waals surface area contributed by atoms with Crippen LogP contribution in [0.1, 0.15) is 16.7 Å². The number of aliphatic carboxylic acids is 1. The first kappa shape index (κ1) is 10.1. The van der Waals surface area contributed by atoms with Gasteiger partial charge in [0.05, 0.1) is 12.0 Å². The standard InChI is InChI=1S/C10H9NO3/c1-6-2-9(12)8(5-11)3-7(6)4-10(13)14/h2-3,12H,4H2,1H3,(H,13,14). The number of nitriles is 1. The second kappa shape index (κ2) is 3.79. The van der Waals surface area contributed by atoms with E-state index in [1.165, 1.54) is 12.1 Å². The molecule has 72 valence electrons. The Morgan fingerprint density at radius 1 is 1.57 bits per heavy atom. The molecule has 0 saturated heterocycles. The van der Waals surface area contributed by atoms with Crippen LogP contribution in [0.3, 0.4) is 0 Å². The van der Waals surface area contributed by atoms with Gasteiger partial charge in [0.25, 0.3) is 0 Å². The molecule has 1 aromatic rings. The summed E-state index contributed by atoms with van der Waals surface area (Å²) in [5, 5.41) is 26.5. The first-order valence-electron chi connectivity index (χ1n) is 3.99. The summed E-state index contributed by atoms with van der Waals surface area (Å²) in [6.45, 7) is 1.69. The third-order valence-corrected chi connectivity index (χ3v) is 1.92. The van der Waals surface area contributed by atoms with Gasteiger partial charge in [-0.2, -0.15) is 5.26 Å². The van der Waals surface area contributed by atoms with E-state index in [-0.39, 0.29) is 17.7 Å². The van der Waals surface area contributed by atoms with Gasteiger partial charge in [0.1, 0.15) is 11.8 Å². The first-order valence-corrected chi connectivity index (χ1v) is 3.99. The molecular formula is C10H9NO3. The molecule has 4 nitrogen and oxygen atoms in total. The third-order valence-electron chi connectivity index (χ3n) is 1.92. The minimum atomic E-state index is -0.956. The number of benzene rings is 1. The summed E-state index contributed by atoms with van der Waals surface area (Å²) < 4.78 is 0. The van der Waals surface area contributed by atoms with E-state index in [0.717, 1.165) is 0 Å². The van der Waals surface area contributed by atoms with Crippen LogP contribution in [0.4, 0.5) is 0 Å². The molecule has 0 aliphatic heterocycles. The summed E-state index contributed by atoms with van der Waals surface area (Å²) in [5.41, 5.74) is 1.32. The van der Waals surface area contributed by atoms with E-state index < -0.39 is 5.97 Å². The van der Waals surface area contributed by atoms with Gasteiger partial charge in [0.2, 0.25) is 0 Å². The quantitative estimate of drug-likeness (QED) is 0.735. The predicted octanol–water partition coefficient (Wildman–Crippen LogP) is 1.20. The lowest BCUT2D eigenvalue weighted by molar-refractivity contribution is -0.136. The second-order valence-electron chi connectivity index (χ2n) is 2.98. The zero-order valence-corrected chi connectivity index (χ0v) is 7.61. The molecule has 0 aliphatic rings. The highest BCUT2D eigenvalue weighted by atomic mass is 16.4. The van der Waals surface area contributed by atoms with Gasteiger partial charge >= 0.3 is 5.97 Å². The average Bonchev–Trinajstić information content (AvgIpc) is 2.09. The number of phenols is 1. The smallest absolute Gasteiger partial charge is 0.307 e. The molecule has 0 amide bonds. The fourth-order valence-corrected chi connectivity index (χ4v) is 1.18. The Morgan fingerprint density at radius 3 is 2.71 bits per heavy atom. The maximum absolute atomic E-state index is 10.5. The first-order chi connectivity index (χ1) is 6.54. The number of carbonyl (C=O) groups is 1. The van der Waals surface area contributed by atoms with Crippen LogP contribution in [0.25, 0.3) is 0 Å². The minimum Gasteiger partial charge on any atom is -0.507 e. The lowest BCUT2D eigenvalue weighted by Gasteiger charge is -2.04. The van der Waals surface area contributed by atoms with E-state index in [4.69, 9.17) is 10.4 Å². The van der Waals surface area contributed by atoms with Crippen LogP contribution in [0.5, 0.6) is 5.75 Å². The highest BCUT2D eigenvalue weighted by Gasteiger charge is 2.08. The number of aromatic hydroxyl groups is 1. The molecule has 1 rings (SSSR count). The summed E-state index contributed by atoms with van der Waals surface area (Å²) >= 11 is 0. The lowest BCUT2D eigenvalue weighted by Crippen LogP contribution is -2.02. The summed E-state index contributed by atoms with van der Waals surface area (Å²) in [5.74, 6) is -1.07. The van der Waals surface area contributed by atoms with E-state index in [1.54, 1.807) is 13.0 Å². The van der Waals surface area contributed by atoms with Gasteiger partial charge in [-0.25, -0.2) is 0 Å². The van der Waals surface area contributed by atoms with Crippen LogP contribution in [0.15, 0.2) is 12.1 Å². The van der Waals surface area contributed by atoms with E-state index in [0.29, 0.717) is 11.1 Å². The molecule has 0 atom stereocenters. The molecular weight excluding hydrogens is 182 g/mol. The molecule has 0 spiro atoms. The molecule has 0 radical (unpaired) electrons. The molecule has 4 heteroatoms. The molecule has 14 heavy (non-hydrogen) atoms. The summed E-state index contributed by atoms with van der Waals surface area (Å²) in [6, 6.07) is 4.59. The van der Waals surface area contributed by atoms with Crippen molar-refractivity contribution in [1.82, 2.24) is 0 Å². The molecule has 0 saturated carbocycles. The number of aryl methyl sites for hydroxylation is 1. The van der Waals surface area contributed by atoms with Crippen molar-refractivity contribution >= 4 is 5.97 Å². The molecule has 1 aromatic carbocycles. The van der Waals surface area contributed by atoms with E-state index in [1.807, 2.05) is 0 Å². The van der Waals surface area contributed by atoms with E-state index in [9.17, 15) is 9.90 Å². The Hall–Kier alpha value is -2.02. The third kappa shape index (κ3) is 2.02. The maximum Gasteiger partial charge on any atom is 0.307 e. The van der Waals surface area contributed by atoms with Crippen LogP contribution in [-0.2, 0) is 11.2 Å². The second-order valence-corrected chi connectivity index (χ2v) is 2.98. The highest BCUT2D eigenvalue weighted by Crippen LogP contribution is 2.21.